The number of nitrogens with zero attached hydrogens (tertiary/aromatic N) is 4. The number of anilines is 3. The number of ether oxygens (including phenoxy) is 1. The number of aromatic amines is 1. The van der Waals surface area contributed by atoms with E-state index >= 15 is 0 Å². The van der Waals surface area contributed by atoms with Crippen LogP contribution in [0.5, 0.6) is 0 Å². The van der Waals surface area contributed by atoms with Gasteiger partial charge >= 0.3 is 0 Å². The molecule has 4 heterocycles. The van der Waals surface area contributed by atoms with E-state index in [-0.39, 0.29) is 0 Å². The molecule has 0 spiro atoms. The number of morpholine rings is 1. The van der Waals surface area contributed by atoms with Crippen molar-refractivity contribution in [3.8, 4) is 11.3 Å². The molecular formula is C20H20N6O2. The van der Waals surface area contributed by atoms with Crippen LogP contribution < -0.4 is 10.2 Å². The van der Waals surface area contributed by atoms with Crippen molar-refractivity contribution in [3.05, 3.63) is 48.2 Å². The molecule has 4 aromatic rings. The smallest absolute Gasteiger partial charge is 0.231 e. The summed E-state index contributed by atoms with van der Waals surface area (Å²) in [6, 6.07) is 12.1. The first-order chi connectivity index (χ1) is 13.8. The van der Waals surface area contributed by atoms with E-state index in [9.17, 15) is 0 Å². The lowest BCUT2D eigenvalue weighted by atomic mass is 10.1. The third-order valence-corrected chi connectivity index (χ3v) is 4.74. The Bertz CT molecular complexity index is 1110. The number of rotatable bonds is 4. The molecule has 1 aliphatic rings. The van der Waals surface area contributed by atoms with Crippen LogP contribution in [0.2, 0.25) is 0 Å². The fourth-order valence-electron chi connectivity index (χ4n) is 3.35. The highest BCUT2D eigenvalue weighted by molar-refractivity contribution is 5.85. The van der Waals surface area contributed by atoms with Crippen LogP contribution >= 0.6 is 0 Å². The standard InChI is InChI=1S/C20H20N6O2/c1-13-3-2-4-14(11-13)16-12-17(25-24-16)22-20-21-15-5-8-28-18(15)19(23-20)26-6-9-27-10-7-26/h2-5,8,11-12H,6-7,9-10H2,1H3,(H2,21,22,23,24,25). The van der Waals surface area contributed by atoms with Crippen molar-refractivity contribution in [2.45, 2.75) is 6.92 Å². The molecule has 0 saturated carbocycles. The number of furan rings is 1. The predicted molar refractivity (Wildman–Crippen MR) is 107 cm³/mol. The van der Waals surface area contributed by atoms with Gasteiger partial charge in [-0.15, -0.1) is 0 Å². The third kappa shape index (κ3) is 3.18. The lowest BCUT2D eigenvalue weighted by Crippen LogP contribution is -2.37. The first-order valence-electron chi connectivity index (χ1n) is 9.24. The van der Waals surface area contributed by atoms with Gasteiger partial charge in [-0.3, -0.25) is 5.10 Å². The molecule has 1 saturated heterocycles. The number of aryl methyl sites for hydroxylation is 1. The highest BCUT2D eigenvalue weighted by atomic mass is 16.5. The minimum Gasteiger partial charge on any atom is -0.459 e. The summed E-state index contributed by atoms with van der Waals surface area (Å²) in [6.07, 6.45) is 1.64. The number of hydrogen-bond donors (Lipinski definition) is 2. The Kier molecular flexibility index (Phi) is 4.17. The summed E-state index contributed by atoms with van der Waals surface area (Å²) < 4.78 is 11.1. The summed E-state index contributed by atoms with van der Waals surface area (Å²) in [6.45, 7) is 4.96. The monoisotopic (exact) mass is 376 g/mol. The molecule has 1 aromatic carbocycles. The third-order valence-electron chi connectivity index (χ3n) is 4.74. The number of aromatic nitrogens is 4. The maximum Gasteiger partial charge on any atom is 0.231 e. The zero-order valence-corrected chi connectivity index (χ0v) is 15.5. The van der Waals surface area contributed by atoms with Crippen LogP contribution in [0.1, 0.15) is 5.56 Å². The second-order valence-electron chi connectivity index (χ2n) is 6.77. The van der Waals surface area contributed by atoms with Crippen LogP contribution in [0.15, 0.2) is 47.1 Å². The van der Waals surface area contributed by atoms with Crippen LogP contribution in [0.25, 0.3) is 22.4 Å². The zero-order chi connectivity index (χ0) is 18.9. The summed E-state index contributed by atoms with van der Waals surface area (Å²) in [5.74, 6) is 1.92. The van der Waals surface area contributed by atoms with E-state index in [1.165, 1.54) is 5.56 Å². The van der Waals surface area contributed by atoms with Gasteiger partial charge in [-0.25, -0.2) is 4.98 Å². The van der Waals surface area contributed by atoms with Gasteiger partial charge in [-0.2, -0.15) is 10.1 Å². The van der Waals surface area contributed by atoms with Crippen LogP contribution in [0.3, 0.4) is 0 Å². The fourth-order valence-corrected chi connectivity index (χ4v) is 3.35. The van der Waals surface area contributed by atoms with Crippen molar-refractivity contribution < 1.29 is 9.15 Å². The number of hydrogen-bond acceptors (Lipinski definition) is 7. The molecular weight excluding hydrogens is 356 g/mol. The number of fused-ring (bicyclic) bond motifs is 1. The Morgan fingerprint density at radius 1 is 1.11 bits per heavy atom. The SMILES string of the molecule is Cc1cccc(-c2cc(Nc3nc(N4CCOCC4)c4occc4n3)n[nH]2)c1. The molecule has 0 amide bonds. The van der Waals surface area contributed by atoms with Crippen LogP contribution in [-0.4, -0.2) is 46.5 Å². The minimum absolute atomic E-state index is 0.484. The molecule has 5 rings (SSSR count). The summed E-state index contributed by atoms with van der Waals surface area (Å²) in [5, 5.41) is 10.6. The highest BCUT2D eigenvalue weighted by Gasteiger charge is 2.20. The topological polar surface area (TPSA) is 92.1 Å². The molecule has 0 atom stereocenters. The van der Waals surface area contributed by atoms with Crippen LogP contribution in [0.4, 0.5) is 17.6 Å². The molecule has 0 aliphatic carbocycles. The van der Waals surface area contributed by atoms with E-state index in [4.69, 9.17) is 9.15 Å². The maximum atomic E-state index is 5.62. The Morgan fingerprint density at radius 2 is 2.00 bits per heavy atom. The van der Waals surface area contributed by atoms with Gasteiger partial charge in [0.1, 0.15) is 5.52 Å². The normalized spacial score (nSPS) is 14.5. The van der Waals surface area contributed by atoms with E-state index < -0.39 is 0 Å². The minimum atomic E-state index is 0.484. The summed E-state index contributed by atoms with van der Waals surface area (Å²) >= 11 is 0. The van der Waals surface area contributed by atoms with Crippen molar-refractivity contribution >= 4 is 28.7 Å². The summed E-state index contributed by atoms with van der Waals surface area (Å²) in [5.41, 5.74) is 4.67. The lowest BCUT2D eigenvalue weighted by molar-refractivity contribution is 0.122. The molecule has 8 heteroatoms. The summed E-state index contributed by atoms with van der Waals surface area (Å²) in [4.78, 5) is 11.4. The van der Waals surface area contributed by atoms with Crippen molar-refractivity contribution in [1.82, 2.24) is 20.2 Å². The Morgan fingerprint density at radius 3 is 2.86 bits per heavy atom. The van der Waals surface area contributed by atoms with Crippen LogP contribution in [0, 0.1) is 6.92 Å². The maximum absolute atomic E-state index is 5.62. The molecule has 8 nitrogen and oxygen atoms in total. The van der Waals surface area contributed by atoms with Gasteiger partial charge in [0.15, 0.2) is 17.2 Å². The first-order valence-corrected chi connectivity index (χ1v) is 9.24. The van der Waals surface area contributed by atoms with Crippen molar-refractivity contribution in [2.24, 2.45) is 0 Å². The Balaban J connectivity index is 1.45. The average Bonchev–Trinajstić information content (AvgIpc) is 3.38. The molecule has 1 aliphatic heterocycles. The van der Waals surface area contributed by atoms with E-state index in [1.54, 1.807) is 6.26 Å². The van der Waals surface area contributed by atoms with E-state index in [0.717, 1.165) is 35.7 Å². The lowest BCUT2D eigenvalue weighted by Gasteiger charge is -2.27. The van der Waals surface area contributed by atoms with Gasteiger partial charge in [0.05, 0.1) is 25.2 Å². The molecule has 0 radical (unpaired) electrons. The Labute approximate surface area is 161 Å². The molecule has 142 valence electrons. The average molecular weight is 376 g/mol. The van der Waals surface area contributed by atoms with E-state index in [2.05, 4.69) is 55.5 Å². The number of benzene rings is 1. The van der Waals surface area contributed by atoms with Gasteiger partial charge in [0.2, 0.25) is 5.95 Å². The summed E-state index contributed by atoms with van der Waals surface area (Å²) in [7, 11) is 0. The quantitative estimate of drug-likeness (QED) is 0.563. The van der Waals surface area contributed by atoms with Gasteiger partial charge in [0, 0.05) is 25.2 Å². The number of H-pyrrole nitrogens is 1. The fraction of sp³-hybridized carbons (Fsp3) is 0.250. The van der Waals surface area contributed by atoms with Gasteiger partial charge in [-0.05, 0) is 18.6 Å². The predicted octanol–water partition coefficient (Wildman–Crippen LogP) is 3.50. The van der Waals surface area contributed by atoms with E-state index in [0.29, 0.717) is 30.6 Å². The first kappa shape index (κ1) is 16.8. The van der Waals surface area contributed by atoms with Crippen LogP contribution in [-0.2, 0) is 4.74 Å². The molecule has 2 N–H and O–H groups in total. The van der Waals surface area contributed by atoms with Crippen molar-refractivity contribution in [1.29, 1.82) is 0 Å². The highest BCUT2D eigenvalue weighted by Crippen LogP contribution is 2.28. The van der Waals surface area contributed by atoms with Gasteiger partial charge in [0.25, 0.3) is 0 Å². The second kappa shape index (κ2) is 6.97. The molecule has 1 fully saturated rings. The second-order valence-corrected chi connectivity index (χ2v) is 6.77. The largest absolute Gasteiger partial charge is 0.459 e. The van der Waals surface area contributed by atoms with Crippen molar-refractivity contribution in [3.63, 3.8) is 0 Å². The zero-order valence-electron chi connectivity index (χ0n) is 15.5. The molecule has 28 heavy (non-hydrogen) atoms. The van der Waals surface area contributed by atoms with Gasteiger partial charge < -0.3 is 19.4 Å². The van der Waals surface area contributed by atoms with Crippen molar-refractivity contribution in [2.75, 3.05) is 36.5 Å². The van der Waals surface area contributed by atoms with Gasteiger partial charge in [-0.1, -0.05) is 23.8 Å². The Hall–Kier alpha value is -3.39. The molecule has 0 unspecified atom stereocenters. The van der Waals surface area contributed by atoms with E-state index in [1.807, 2.05) is 18.2 Å². The number of nitrogens with one attached hydrogen (secondary N) is 2. The molecule has 0 bridgehead atoms. The molecule has 3 aromatic heterocycles.